The van der Waals surface area contributed by atoms with Gasteiger partial charge in [-0.25, -0.2) is 4.79 Å². The number of hydrogen-bond acceptors (Lipinski definition) is 3. The third-order valence-corrected chi connectivity index (χ3v) is 1.87. The number of nitrogens with one attached hydrogen (secondary N) is 1. The first-order valence-electron chi connectivity index (χ1n) is 3.59. The van der Waals surface area contributed by atoms with Crippen LogP contribution in [0.4, 0.5) is 0 Å². The molecule has 0 aliphatic heterocycles. The molecule has 0 bridgehead atoms. The maximum atomic E-state index is 10.5. The summed E-state index contributed by atoms with van der Waals surface area (Å²) in [6, 6.07) is -0.403. The summed E-state index contributed by atoms with van der Waals surface area (Å²) in [7, 11) is 1.63. The monoisotopic (exact) mass is 161 g/mol. The van der Waals surface area contributed by atoms with Gasteiger partial charge in [-0.1, -0.05) is 6.92 Å². The van der Waals surface area contributed by atoms with Crippen molar-refractivity contribution in [1.82, 2.24) is 5.32 Å². The maximum Gasteiger partial charge on any atom is 0.337 e. The number of hydrogen-bond donors (Lipinski definition) is 3. The van der Waals surface area contributed by atoms with Crippen molar-refractivity contribution in [2.75, 3.05) is 7.05 Å². The van der Waals surface area contributed by atoms with Gasteiger partial charge in [-0.2, -0.15) is 0 Å². The van der Waals surface area contributed by atoms with Gasteiger partial charge in [-0.05, 0) is 20.4 Å². The number of aliphatic carboxylic acids is 1. The zero-order valence-electron chi connectivity index (χ0n) is 7.09. The predicted octanol–water partition coefficient (Wildman–Crippen LogP) is -0.180. The summed E-state index contributed by atoms with van der Waals surface area (Å²) in [6.07, 6.45) is 0.579. The third-order valence-electron chi connectivity index (χ3n) is 1.87. The Kier molecular flexibility index (Phi) is 3.48. The molecule has 11 heavy (non-hydrogen) atoms. The highest BCUT2D eigenvalue weighted by atomic mass is 16.4. The van der Waals surface area contributed by atoms with Gasteiger partial charge in [0.25, 0.3) is 0 Å². The van der Waals surface area contributed by atoms with Crippen molar-refractivity contribution >= 4 is 5.97 Å². The van der Waals surface area contributed by atoms with Crippen LogP contribution in [0.5, 0.6) is 0 Å². The fourth-order valence-electron chi connectivity index (χ4n) is 1.03. The first kappa shape index (κ1) is 10.4. The molecule has 0 aromatic carbocycles. The van der Waals surface area contributed by atoms with Crippen LogP contribution in [0, 0.1) is 0 Å². The third kappa shape index (κ3) is 2.17. The van der Waals surface area contributed by atoms with Crippen molar-refractivity contribution < 1.29 is 15.0 Å². The van der Waals surface area contributed by atoms with Gasteiger partial charge in [0.1, 0.15) is 0 Å². The van der Waals surface area contributed by atoms with E-state index in [1.54, 1.807) is 7.05 Å². The van der Waals surface area contributed by atoms with Crippen molar-refractivity contribution in [1.29, 1.82) is 0 Å². The summed E-state index contributed by atoms with van der Waals surface area (Å²) in [5.74, 6) is -1.20. The number of rotatable bonds is 4. The van der Waals surface area contributed by atoms with Gasteiger partial charge in [-0.3, -0.25) is 0 Å². The molecule has 0 aliphatic rings. The van der Waals surface area contributed by atoms with E-state index >= 15 is 0 Å². The van der Waals surface area contributed by atoms with Crippen LogP contribution in [0.25, 0.3) is 0 Å². The molecule has 0 aromatic rings. The second-order valence-corrected chi connectivity index (χ2v) is 2.70. The van der Waals surface area contributed by atoms with E-state index in [0.717, 1.165) is 0 Å². The van der Waals surface area contributed by atoms with Crippen molar-refractivity contribution in [3.63, 3.8) is 0 Å². The Morgan fingerprint density at radius 1 is 1.73 bits per heavy atom. The second-order valence-electron chi connectivity index (χ2n) is 2.70. The van der Waals surface area contributed by atoms with Crippen LogP contribution >= 0.6 is 0 Å². The molecule has 0 rings (SSSR count). The lowest BCUT2D eigenvalue weighted by molar-refractivity contribution is -0.159. The van der Waals surface area contributed by atoms with Crippen LogP contribution in [0.15, 0.2) is 0 Å². The second kappa shape index (κ2) is 3.69. The molecular formula is C7H15NO3. The number of carboxylic acids is 1. The molecule has 0 saturated heterocycles. The molecule has 2 atom stereocenters. The Morgan fingerprint density at radius 2 is 2.18 bits per heavy atom. The molecule has 0 aliphatic carbocycles. The molecule has 3 N–H and O–H groups in total. The van der Waals surface area contributed by atoms with Crippen LogP contribution in [-0.4, -0.2) is 34.9 Å². The van der Waals surface area contributed by atoms with Crippen LogP contribution < -0.4 is 5.32 Å². The van der Waals surface area contributed by atoms with Crippen molar-refractivity contribution in [3.05, 3.63) is 0 Å². The van der Waals surface area contributed by atoms with Crippen LogP contribution in [0.1, 0.15) is 20.3 Å². The van der Waals surface area contributed by atoms with Gasteiger partial charge in [0.15, 0.2) is 5.60 Å². The highest BCUT2D eigenvalue weighted by molar-refractivity contribution is 5.77. The van der Waals surface area contributed by atoms with E-state index in [1.165, 1.54) is 6.92 Å². The minimum atomic E-state index is -1.68. The fourth-order valence-corrected chi connectivity index (χ4v) is 1.03. The molecule has 0 fully saturated rings. The van der Waals surface area contributed by atoms with Crippen LogP contribution in [0.3, 0.4) is 0 Å². The number of likely N-dealkylation sites (N-methyl/N-ethyl adjacent to an activating group) is 1. The minimum Gasteiger partial charge on any atom is -0.479 e. The van der Waals surface area contributed by atoms with E-state index in [9.17, 15) is 9.90 Å². The van der Waals surface area contributed by atoms with Crippen molar-refractivity contribution in [2.24, 2.45) is 0 Å². The van der Waals surface area contributed by atoms with E-state index in [2.05, 4.69) is 5.32 Å². The smallest absolute Gasteiger partial charge is 0.337 e. The van der Waals surface area contributed by atoms with Gasteiger partial charge in [0, 0.05) is 6.04 Å². The zero-order chi connectivity index (χ0) is 9.07. The molecule has 0 amide bonds. The van der Waals surface area contributed by atoms with E-state index < -0.39 is 17.6 Å². The van der Waals surface area contributed by atoms with Crippen LogP contribution in [-0.2, 0) is 4.79 Å². The molecule has 0 spiro atoms. The summed E-state index contributed by atoms with van der Waals surface area (Å²) in [4.78, 5) is 10.5. The van der Waals surface area contributed by atoms with Crippen molar-refractivity contribution in [3.8, 4) is 0 Å². The quantitative estimate of drug-likeness (QED) is 0.535. The normalized spacial score (nSPS) is 18.9. The van der Waals surface area contributed by atoms with E-state index in [-0.39, 0.29) is 0 Å². The highest BCUT2D eigenvalue weighted by Crippen LogP contribution is 2.12. The Bertz CT molecular complexity index is 141. The first-order valence-corrected chi connectivity index (χ1v) is 3.59. The number of carboxylic acid groups (broad SMARTS) is 1. The summed E-state index contributed by atoms with van der Waals surface area (Å²) in [5, 5.41) is 20.7. The fraction of sp³-hybridized carbons (Fsp3) is 0.857. The van der Waals surface area contributed by atoms with Gasteiger partial charge in [-0.15, -0.1) is 0 Å². The van der Waals surface area contributed by atoms with Gasteiger partial charge >= 0.3 is 5.97 Å². The maximum absolute atomic E-state index is 10.5. The van der Waals surface area contributed by atoms with Gasteiger partial charge in [0.2, 0.25) is 0 Å². The Labute approximate surface area is 66.2 Å². The lowest BCUT2D eigenvalue weighted by Gasteiger charge is -2.27. The molecule has 4 heteroatoms. The molecule has 0 saturated carbocycles. The zero-order valence-corrected chi connectivity index (χ0v) is 7.09. The topological polar surface area (TPSA) is 69.6 Å². The number of aliphatic hydroxyl groups is 1. The average molecular weight is 161 g/mol. The predicted molar refractivity (Wildman–Crippen MR) is 41.4 cm³/mol. The molecule has 0 radical (unpaired) electrons. The lowest BCUT2D eigenvalue weighted by Crippen LogP contribution is -2.52. The lowest BCUT2D eigenvalue weighted by atomic mass is 9.95. The summed E-state index contributed by atoms with van der Waals surface area (Å²) in [5.41, 5.74) is -1.68. The average Bonchev–Trinajstić information content (AvgIpc) is 1.89. The molecule has 0 heterocycles. The molecule has 2 unspecified atom stereocenters. The first-order chi connectivity index (χ1) is 4.96. The Morgan fingerprint density at radius 3 is 2.27 bits per heavy atom. The van der Waals surface area contributed by atoms with Gasteiger partial charge < -0.3 is 15.5 Å². The minimum absolute atomic E-state index is 0.403. The van der Waals surface area contributed by atoms with Gasteiger partial charge in [0.05, 0.1) is 0 Å². The van der Waals surface area contributed by atoms with Crippen molar-refractivity contribution in [2.45, 2.75) is 31.9 Å². The van der Waals surface area contributed by atoms with E-state index in [4.69, 9.17) is 5.11 Å². The standard InChI is InChI=1S/C7H15NO3/c1-4-5(8-3)7(2,11)6(9)10/h5,8,11H,4H2,1-3H3,(H,9,10). The molecule has 4 nitrogen and oxygen atoms in total. The summed E-state index contributed by atoms with van der Waals surface area (Å²) >= 11 is 0. The van der Waals surface area contributed by atoms with E-state index in [1.807, 2.05) is 6.92 Å². The van der Waals surface area contributed by atoms with E-state index in [0.29, 0.717) is 6.42 Å². The highest BCUT2D eigenvalue weighted by Gasteiger charge is 2.37. The molecular weight excluding hydrogens is 146 g/mol. The Balaban J connectivity index is 4.36. The molecule has 0 aromatic heterocycles. The Hall–Kier alpha value is -0.610. The number of carbonyl (C=O) groups is 1. The summed E-state index contributed by atoms with van der Waals surface area (Å²) < 4.78 is 0. The SMILES string of the molecule is CCC(NC)C(C)(O)C(=O)O. The van der Waals surface area contributed by atoms with Crippen LogP contribution in [0.2, 0.25) is 0 Å². The molecule has 66 valence electrons. The largest absolute Gasteiger partial charge is 0.479 e. The summed E-state index contributed by atoms with van der Waals surface area (Å²) in [6.45, 7) is 3.11.